The van der Waals surface area contributed by atoms with E-state index >= 15 is 0 Å². The third-order valence-corrected chi connectivity index (χ3v) is 6.88. The van der Waals surface area contributed by atoms with E-state index in [9.17, 15) is 4.79 Å². The maximum atomic E-state index is 13.6. The number of anilines is 1. The van der Waals surface area contributed by atoms with Gasteiger partial charge in [-0.1, -0.05) is 49.3 Å². The number of ether oxygens (including phenoxy) is 2. The summed E-state index contributed by atoms with van der Waals surface area (Å²) in [4.78, 5) is 22.6. The van der Waals surface area contributed by atoms with Gasteiger partial charge >= 0.3 is 0 Å². The molecule has 1 aromatic heterocycles. The van der Waals surface area contributed by atoms with Gasteiger partial charge in [0, 0.05) is 31.7 Å². The number of benzene rings is 2. The Balaban J connectivity index is 1.49. The fourth-order valence-corrected chi connectivity index (χ4v) is 4.94. The molecule has 0 radical (unpaired) electrons. The van der Waals surface area contributed by atoms with Crippen LogP contribution >= 0.6 is 11.3 Å². The average molecular weight is 468 g/mol. The SMILES string of the molecule is CCCCCOc1cccc(C(=O)N(CCCN2CCOCC2)c2nc3ccccc3s2)c1. The molecular weight excluding hydrogens is 434 g/mol. The van der Waals surface area contributed by atoms with Gasteiger partial charge in [-0.05, 0) is 43.2 Å². The van der Waals surface area contributed by atoms with Gasteiger partial charge in [-0.15, -0.1) is 0 Å². The first-order chi connectivity index (χ1) is 16.2. The summed E-state index contributed by atoms with van der Waals surface area (Å²) in [7, 11) is 0. The maximum absolute atomic E-state index is 13.6. The number of fused-ring (bicyclic) bond motifs is 1. The quantitative estimate of drug-likeness (QED) is 0.361. The number of unbranched alkanes of at least 4 members (excludes halogenated alkanes) is 2. The number of carbonyl (C=O) groups excluding carboxylic acids is 1. The van der Waals surface area contributed by atoms with Gasteiger partial charge in [0.2, 0.25) is 0 Å². The first-order valence-electron chi connectivity index (χ1n) is 11.9. The topological polar surface area (TPSA) is 54.9 Å². The van der Waals surface area contributed by atoms with Crippen LogP contribution in [0.5, 0.6) is 5.75 Å². The Hall–Kier alpha value is -2.48. The van der Waals surface area contributed by atoms with Crippen LogP contribution in [0.15, 0.2) is 48.5 Å². The summed E-state index contributed by atoms with van der Waals surface area (Å²) in [5.41, 5.74) is 1.56. The molecule has 176 valence electrons. The van der Waals surface area contributed by atoms with Gasteiger partial charge in [-0.2, -0.15) is 0 Å². The Morgan fingerprint density at radius 1 is 1.12 bits per heavy atom. The maximum Gasteiger partial charge on any atom is 0.260 e. The van der Waals surface area contributed by atoms with Crippen molar-refractivity contribution < 1.29 is 14.3 Å². The predicted molar refractivity (Wildman–Crippen MR) is 135 cm³/mol. The lowest BCUT2D eigenvalue weighted by Gasteiger charge is -2.27. The number of morpholine rings is 1. The van der Waals surface area contributed by atoms with Crippen molar-refractivity contribution in [1.29, 1.82) is 0 Å². The number of nitrogens with zero attached hydrogens (tertiary/aromatic N) is 3. The van der Waals surface area contributed by atoms with Crippen molar-refractivity contribution >= 4 is 32.6 Å². The molecule has 1 fully saturated rings. The first-order valence-corrected chi connectivity index (χ1v) is 12.8. The van der Waals surface area contributed by atoms with Crippen LogP contribution in [-0.2, 0) is 4.74 Å². The van der Waals surface area contributed by atoms with E-state index < -0.39 is 0 Å². The van der Waals surface area contributed by atoms with Crippen LogP contribution in [0.2, 0.25) is 0 Å². The largest absolute Gasteiger partial charge is 0.494 e. The molecule has 2 aromatic carbocycles. The molecule has 0 atom stereocenters. The van der Waals surface area contributed by atoms with Crippen molar-refractivity contribution in [2.24, 2.45) is 0 Å². The van der Waals surface area contributed by atoms with Crippen molar-refractivity contribution in [3.05, 3.63) is 54.1 Å². The number of para-hydroxylation sites is 1. The summed E-state index contributed by atoms with van der Waals surface area (Å²) in [5.74, 6) is 0.713. The standard InChI is InChI=1S/C26H33N3O3S/c1-2-3-6-17-32-22-10-7-9-21(20-22)25(30)29(14-8-13-28-15-18-31-19-16-28)26-27-23-11-4-5-12-24(23)33-26/h4-5,7,9-12,20H,2-3,6,8,13-19H2,1H3. The van der Waals surface area contributed by atoms with Crippen molar-refractivity contribution in [2.45, 2.75) is 32.6 Å². The third-order valence-electron chi connectivity index (χ3n) is 5.82. The highest BCUT2D eigenvalue weighted by Crippen LogP contribution is 2.30. The Morgan fingerprint density at radius 3 is 2.79 bits per heavy atom. The Kier molecular flexibility index (Phi) is 8.69. The van der Waals surface area contributed by atoms with Crippen LogP contribution in [-0.4, -0.2) is 61.8 Å². The van der Waals surface area contributed by atoms with Gasteiger partial charge in [0.1, 0.15) is 5.75 Å². The molecule has 0 N–H and O–H groups in total. The molecule has 0 spiro atoms. The van der Waals surface area contributed by atoms with Crippen LogP contribution in [0, 0.1) is 0 Å². The van der Waals surface area contributed by atoms with Gasteiger partial charge < -0.3 is 9.47 Å². The smallest absolute Gasteiger partial charge is 0.260 e. The second-order valence-electron chi connectivity index (χ2n) is 8.31. The molecule has 4 rings (SSSR count). The molecule has 0 saturated carbocycles. The van der Waals surface area contributed by atoms with Crippen molar-refractivity contribution in [2.75, 3.05) is 50.9 Å². The van der Waals surface area contributed by atoms with E-state index in [1.54, 1.807) is 11.3 Å². The van der Waals surface area contributed by atoms with Gasteiger partial charge in [-0.3, -0.25) is 14.6 Å². The predicted octanol–water partition coefficient (Wildman–Crippen LogP) is 5.23. The van der Waals surface area contributed by atoms with E-state index in [1.807, 2.05) is 47.4 Å². The monoisotopic (exact) mass is 467 g/mol. The van der Waals surface area contributed by atoms with Crippen molar-refractivity contribution in [3.63, 3.8) is 0 Å². The minimum absolute atomic E-state index is 0.0324. The summed E-state index contributed by atoms with van der Waals surface area (Å²) in [6.07, 6.45) is 4.21. The molecule has 0 bridgehead atoms. The van der Waals surface area contributed by atoms with Crippen LogP contribution in [0.4, 0.5) is 5.13 Å². The Bertz CT molecular complexity index is 999. The second-order valence-corrected chi connectivity index (χ2v) is 9.32. The van der Waals surface area contributed by atoms with E-state index in [4.69, 9.17) is 14.5 Å². The van der Waals surface area contributed by atoms with E-state index in [-0.39, 0.29) is 5.91 Å². The highest BCUT2D eigenvalue weighted by atomic mass is 32.1. The molecule has 3 aromatic rings. The molecular formula is C26H33N3O3S. The zero-order valence-electron chi connectivity index (χ0n) is 19.4. The molecule has 1 amide bonds. The van der Waals surface area contributed by atoms with Crippen molar-refractivity contribution in [3.8, 4) is 5.75 Å². The van der Waals surface area contributed by atoms with E-state index in [2.05, 4.69) is 17.9 Å². The lowest BCUT2D eigenvalue weighted by molar-refractivity contribution is 0.0376. The van der Waals surface area contributed by atoms with Crippen molar-refractivity contribution in [1.82, 2.24) is 9.88 Å². The highest BCUT2D eigenvalue weighted by molar-refractivity contribution is 7.22. The summed E-state index contributed by atoms with van der Waals surface area (Å²) in [6, 6.07) is 15.6. The van der Waals surface area contributed by atoms with Crippen LogP contribution in [0.3, 0.4) is 0 Å². The average Bonchev–Trinajstić information content (AvgIpc) is 3.29. The number of carbonyl (C=O) groups is 1. The Morgan fingerprint density at radius 2 is 1.97 bits per heavy atom. The van der Waals surface area contributed by atoms with Gasteiger partial charge in [0.25, 0.3) is 5.91 Å². The fraction of sp³-hybridized carbons (Fsp3) is 0.462. The summed E-state index contributed by atoms with van der Waals surface area (Å²) >= 11 is 1.57. The molecule has 6 nitrogen and oxygen atoms in total. The molecule has 33 heavy (non-hydrogen) atoms. The molecule has 0 aliphatic carbocycles. The summed E-state index contributed by atoms with van der Waals surface area (Å²) in [5, 5.41) is 0.748. The second kappa shape index (κ2) is 12.1. The molecule has 1 aliphatic heterocycles. The number of amides is 1. The first kappa shape index (κ1) is 23.7. The molecule has 1 aliphatic rings. The van der Waals surface area contributed by atoms with E-state index in [1.165, 1.54) is 0 Å². The third kappa shape index (κ3) is 6.53. The number of aromatic nitrogens is 1. The van der Waals surface area contributed by atoms with E-state index in [0.717, 1.165) is 79.6 Å². The molecule has 0 unspecified atom stereocenters. The summed E-state index contributed by atoms with van der Waals surface area (Å²) < 4.78 is 12.4. The zero-order chi connectivity index (χ0) is 22.9. The fourth-order valence-electron chi connectivity index (χ4n) is 3.95. The molecule has 2 heterocycles. The van der Waals surface area contributed by atoms with Crippen LogP contribution in [0.25, 0.3) is 10.2 Å². The van der Waals surface area contributed by atoms with Gasteiger partial charge in [0.05, 0.1) is 30.0 Å². The number of rotatable bonds is 11. The number of hydrogen-bond acceptors (Lipinski definition) is 6. The lowest BCUT2D eigenvalue weighted by Crippen LogP contribution is -2.39. The molecule has 1 saturated heterocycles. The van der Waals surface area contributed by atoms with Gasteiger partial charge in [-0.25, -0.2) is 4.98 Å². The summed E-state index contributed by atoms with van der Waals surface area (Å²) in [6.45, 7) is 7.88. The lowest BCUT2D eigenvalue weighted by atomic mass is 10.2. The number of hydrogen-bond donors (Lipinski definition) is 0. The Labute approximate surface area is 200 Å². The van der Waals surface area contributed by atoms with Crippen LogP contribution in [0.1, 0.15) is 43.0 Å². The highest BCUT2D eigenvalue weighted by Gasteiger charge is 2.22. The number of thiazole rings is 1. The molecule has 7 heteroatoms. The normalized spacial score (nSPS) is 14.5. The van der Waals surface area contributed by atoms with Crippen LogP contribution < -0.4 is 9.64 Å². The van der Waals surface area contributed by atoms with E-state index in [0.29, 0.717) is 18.7 Å². The minimum Gasteiger partial charge on any atom is -0.494 e. The van der Waals surface area contributed by atoms with Gasteiger partial charge in [0.15, 0.2) is 5.13 Å². The zero-order valence-corrected chi connectivity index (χ0v) is 20.2. The minimum atomic E-state index is -0.0324.